The molecule has 9 nitrogen and oxygen atoms in total. The number of likely N-dealkylation sites (tertiary alicyclic amines) is 1. The van der Waals surface area contributed by atoms with Crippen molar-refractivity contribution in [2.24, 2.45) is 5.41 Å². The first-order valence-corrected chi connectivity index (χ1v) is 10.9. The molecular formula is C20H19F3N6O3S. The molecular weight excluding hydrogens is 461 g/mol. The van der Waals surface area contributed by atoms with E-state index >= 15 is 0 Å². The van der Waals surface area contributed by atoms with Crippen LogP contribution in [0.1, 0.15) is 28.8 Å². The molecule has 1 saturated carbocycles. The number of thiazole rings is 1. The topological polar surface area (TPSA) is 101 Å². The second-order valence-electron chi connectivity index (χ2n) is 8.35. The number of nitrogens with zero attached hydrogens (tertiary/aromatic N) is 4. The van der Waals surface area contributed by atoms with Crippen molar-refractivity contribution in [2.45, 2.75) is 25.1 Å². The number of fused-ring (bicyclic) bond motifs is 1. The van der Waals surface area contributed by atoms with Gasteiger partial charge in [0.25, 0.3) is 5.91 Å². The second-order valence-corrected chi connectivity index (χ2v) is 9.25. The van der Waals surface area contributed by atoms with E-state index in [2.05, 4.69) is 20.7 Å². The third kappa shape index (κ3) is 3.86. The fraction of sp³-hybridized carbons (Fsp3) is 0.400. The van der Waals surface area contributed by atoms with E-state index in [1.165, 1.54) is 18.4 Å². The SMILES string of the molecule is COc1ncc(C(F)(F)F)cc1NC(=O)NC1CC2(C1)CN(C(=O)c1cnn3ccsc13)C2. The zero-order valence-corrected chi connectivity index (χ0v) is 18.2. The highest BCUT2D eigenvalue weighted by Gasteiger charge is 2.54. The number of nitrogens with one attached hydrogen (secondary N) is 2. The molecule has 2 N–H and O–H groups in total. The number of pyridine rings is 1. The Morgan fingerprint density at radius 1 is 1.27 bits per heavy atom. The second kappa shape index (κ2) is 7.61. The van der Waals surface area contributed by atoms with Gasteiger partial charge in [0.05, 0.1) is 24.4 Å². The van der Waals surface area contributed by atoms with Gasteiger partial charge in [0.2, 0.25) is 5.88 Å². The predicted octanol–water partition coefficient (Wildman–Crippen LogP) is 3.24. The molecule has 1 spiro atoms. The van der Waals surface area contributed by atoms with Gasteiger partial charge >= 0.3 is 12.2 Å². The van der Waals surface area contributed by atoms with Gasteiger partial charge < -0.3 is 20.3 Å². The minimum atomic E-state index is -4.59. The van der Waals surface area contributed by atoms with Gasteiger partial charge in [-0.25, -0.2) is 14.3 Å². The van der Waals surface area contributed by atoms with Gasteiger partial charge in [-0.2, -0.15) is 18.3 Å². The molecule has 3 aromatic heterocycles. The molecule has 2 fully saturated rings. The summed E-state index contributed by atoms with van der Waals surface area (Å²) < 4.78 is 45.4. The Morgan fingerprint density at radius 3 is 2.73 bits per heavy atom. The molecule has 33 heavy (non-hydrogen) atoms. The summed E-state index contributed by atoms with van der Waals surface area (Å²) in [5.74, 6) is -0.173. The van der Waals surface area contributed by atoms with Crippen molar-refractivity contribution in [1.82, 2.24) is 24.8 Å². The fourth-order valence-electron chi connectivity index (χ4n) is 4.50. The van der Waals surface area contributed by atoms with E-state index in [0.29, 0.717) is 37.7 Å². The van der Waals surface area contributed by atoms with Crippen molar-refractivity contribution in [1.29, 1.82) is 0 Å². The zero-order valence-electron chi connectivity index (χ0n) is 17.3. The van der Waals surface area contributed by atoms with Gasteiger partial charge in [-0.3, -0.25) is 4.79 Å². The summed E-state index contributed by atoms with van der Waals surface area (Å²) in [5, 5.41) is 11.2. The molecule has 1 saturated heterocycles. The quantitative estimate of drug-likeness (QED) is 0.597. The number of ether oxygens (including phenoxy) is 1. The number of rotatable bonds is 4. The number of amides is 3. The van der Waals surface area contributed by atoms with Gasteiger partial charge in [-0.1, -0.05) is 0 Å². The smallest absolute Gasteiger partial charge is 0.417 e. The summed E-state index contributed by atoms with van der Waals surface area (Å²) in [6.45, 7) is 1.19. The normalized spacial score (nSPS) is 17.5. The number of halogens is 3. The number of urea groups is 1. The number of carbonyl (C=O) groups is 2. The van der Waals surface area contributed by atoms with Crippen LogP contribution in [-0.2, 0) is 6.18 Å². The molecule has 2 aliphatic rings. The molecule has 3 aromatic rings. The van der Waals surface area contributed by atoms with Gasteiger partial charge in [-0.05, 0) is 18.9 Å². The van der Waals surface area contributed by atoms with Crippen LogP contribution >= 0.6 is 11.3 Å². The Hall–Kier alpha value is -3.35. The summed E-state index contributed by atoms with van der Waals surface area (Å²) in [4.78, 5) is 31.3. The van der Waals surface area contributed by atoms with Gasteiger partial charge in [-0.15, -0.1) is 11.3 Å². The number of alkyl halides is 3. The predicted molar refractivity (Wildman–Crippen MR) is 112 cm³/mol. The molecule has 5 rings (SSSR count). The van der Waals surface area contributed by atoms with Crippen molar-refractivity contribution >= 4 is 33.8 Å². The number of hydrogen-bond donors (Lipinski definition) is 2. The van der Waals surface area contributed by atoms with Crippen LogP contribution in [0.25, 0.3) is 4.83 Å². The fourth-order valence-corrected chi connectivity index (χ4v) is 5.29. The Morgan fingerprint density at radius 2 is 2.03 bits per heavy atom. The first-order valence-electron chi connectivity index (χ1n) is 10.1. The average molecular weight is 480 g/mol. The first-order chi connectivity index (χ1) is 15.7. The number of carbonyl (C=O) groups excluding carboxylic acids is 2. The summed E-state index contributed by atoms with van der Waals surface area (Å²) in [6.07, 6.45) is 0.800. The van der Waals surface area contributed by atoms with E-state index in [4.69, 9.17) is 4.74 Å². The van der Waals surface area contributed by atoms with Crippen LogP contribution in [0, 0.1) is 5.41 Å². The van der Waals surface area contributed by atoms with Gasteiger partial charge in [0.1, 0.15) is 10.5 Å². The van der Waals surface area contributed by atoms with E-state index in [0.717, 1.165) is 10.9 Å². The van der Waals surface area contributed by atoms with Crippen LogP contribution in [0.4, 0.5) is 23.7 Å². The highest BCUT2D eigenvalue weighted by molar-refractivity contribution is 7.15. The highest BCUT2D eigenvalue weighted by Crippen LogP contribution is 2.49. The summed E-state index contributed by atoms with van der Waals surface area (Å²) in [5.41, 5.74) is -0.610. The summed E-state index contributed by atoms with van der Waals surface area (Å²) in [7, 11) is 1.26. The van der Waals surface area contributed by atoms with E-state index in [1.807, 2.05) is 5.38 Å². The monoisotopic (exact) mass is 480 g/mol. The lowest BCUT2D eigenvalue weighted by molar-refractivity contribution is -0.137. The van der Waals surface area contributed by atoms with E-state index in [1.54, 1.807) is 21.8 Å². The maximum absolute atomic E-state index is 12.9. The average Bonchev–Trinajstić information content (AvgIpc) is 3.31. The maximum Gasteiger partial charge on any atom is 0.417 e. The zero-order chi connectivity index (χ0) is 23.4. The molecule has 174 valence electrons. The minimum Gasteiger partial charge on any atom is -0.480 e. The van der Waals surface area contributed by atoms with Crippen molar-refractivity contribution in [2.75, 3.05) is 25.5 Å². The van der Waals surface area contributed by atoms with Crippen LogP contribution in [0.5, 0.6) is 5.88 Å². The molecule has 1 aliphatic carbocycles. The molecule has 0 atom stereocenters. The molecule has 3 amide bonds. The summed E-state index contributed by atoms with van der Waals surface area (Å²) in [6, 6.07) is 0.0124. The van der Waals surface area contributed by atoms with E-state index in [-0.39, 0.29) is 28.9 Å². The van der Waals surface area contributed by atoms with Crippen LogP contribution in [0.2, 0.25) is 0 Å². The Kier molecular flexibility index (Phi) is 4.96. The third-order valence-corrected chi connectivity index (χ3v) is 6.90. The molecule has 4 heterocycles. The van der Waals surface area contributed by atoms with Gasteiger partial charge in [0, 0.05) is 42.3 Å². The van der Waals surface area contributed by atoms with E-state index in [9.17, 15) is 22.8 Å². The molecule has 1 aliphatic heterocycles. The van der Waals surface area contributed by atoms with Crippen LogP contribution in [0.3, 0.4) is 0 Å². The molecule has 0 radical (unpaired) electrons. The van der Waals surface area contributed by atoms with Crippen LogP contribution in [0.15, 0.2) is 30.0 Å². The molecule has 0 aromatic carbocycles. The Balaban J connectivity index is 1.14. The number of methoxy groups -OCH3 is 1. The molecule has 0 unspecified atom stereocenters. The molecule has 13 heteroatoms. The minimum absolute atomic E-state index is 0.0369. The van der Waals surface area contributed by atoms with Crippen LogP contribution < -0.4 is 15.4 Å². The Bertz CT molecular complexity index is 1230. The van der Waals surface area contributed by atoms with Crippen molar-refractivity contribution in [3.8, 4) is 5.88 Å². The standard InChI is InChI=1S/C20H19F3N6O3S/c1-32-15-14(4-11(7-24-15)20(21,22)23)27-18(31)26-12-5-19(6-12)9-28(10-19)16(30)13-8-25-29-2-3-33-17(13)29/h2-4,7-8,12H,5-6,9-10H2,1H3,(H2,26,27,31). The third-order valence-electron chi connectivity index (χ3n) is 6.02. The summed E-state index contributed by atoms with van der Waals surface area (Å²) >= 11 is 1.46. The molecule has 0 bridgehead atoms. The van der Waals surface area contributed by atoms with Crippen molar-refractivity contribution in [3.63, 3.8) is 0 Å². The van der Waals surface area contributed by atoms with Gasteiger partial charge in [0.15, 0.2) is 0 Å². The highest BCUT2D eigenvalue weighted by atomic mass is 32.1. The lowest BCUT2D eigenvalue weighted by Gasteiger charge is -2.58. The number of hydrogen-bond acceptors (Lipinski definition) is 6. The van der Waals surface area contributed by atoms with Crippen molar-refractivity contribution < 1.29 is 27.5 Å². The van der Waals surface area contributed by atoms with Crippen LogP contribution in [-0.4, -0.2) is 57.7 Å². The number of aromatic nitrogens is 3. The first kappa shape index (κ1) is 21.5. The van der Waals surface area contributed by atoms with E-state index < -0.39 is 17.8 Å². The Labute approximate surface area is 189 Å². The maximum atomic E-state index is 12.9. The lowest BCUT2D eigenvalue weighted by Crippen LogP contribution is -2.67. The largest absolute Gasteiger partial charge is 0.480 e. The lowest BCUT2D eigenvalue weighted by atomic mass is 9.60. The van der Waals surface area contributed by atoms with Crippen molar-refractivity contribution in [3.05, 3.63) is 41.2 Å². The number of anilines is 1.